The van der Waals surface area contributed by atoms with Gasteiger partial charge in [0.05, 0.1) is 11.3 Å². The molecule has 3 aromatic carbocycles. The van der Waals surface area contributed by atoms with E-state index < -0.39 is 10.9 Å². The number of carbonyl (C=O) groups is 1. The topological polar surface area (TPSA) is 98.7 Å². The third-order valence-electron chi connectivity index (χ3n) is 5.15. The molecule has 0 saturated carbocycles. The molecule has 0 aliphatic rings. The summed E-state index contributed by atoms with van der Waals surface area (Å²) in [6.45, 7) is 2.06. The molecule has 0 aromatic heterocycles. The van der Waals surface area contributed by atoms with Crippen molar-refractivity contribution in [2.45, 2.75) is 32.2 Å². The normalized spacial score (nSPS) is 11.8. The number of nitrogens with one attached hydrogen (secondary N) is 2. The molecule has 0 aliphatic heterocycles. The van der Waals surface area contributed by atoms with Crippen molar-refractivity contribution in [3.05, 3.63) is 80.1 Å². The van der Waals surface area contributed by atoms with Crippen LogP contribution < -0.4 is 21.5 Å². The lowest BCUT2D eigenvalue weighted by Crippen LogP contribution is -2.39. The second-order valence-electron chi connectivity index (χ2n) is 7.75. The van der Waals surface area contributed by atoms with Crippen molar-refractivity contribution in [2.75, 3.05) is 24.7 Å². The molecule has 0 spiro atoms. The Morgan fingerprint density at radius 1 is 1.00 bits per heavy atom. The second-order valence-corrected chi connectivity index (χ2v) is 7.75. The average Bonchev–Trinajstić information content (AvgIpc) is 2.77. The number of nitrogens with zero attached hydrogens (tertiary/aromatic N) is 1. The second kappa shape index (κ2) is 9.47. The summed E-state index contributed by atoms with van der Waals surface area (Å²) in [5.41, 5.74) is 0.508. The minimum absolute atomic E-state index is 0.0218. The summed E-state index contributed by atoms with van der Waals surface area (Å²) < 4.78 is 0. The highest BCUT2D eigenvalue weighted by Crippen LogP contribution is 2.32. The van der Waals surface area contributed by atoms with Gasteiger partial charge in [0, 0.05) is 20.1 Å². The zero-order valence-corrected chi connectivity index (χ0v) is 17.9. The minimum Gasteiger partial charge on any atom is -0.505 e. The zero-order chi connectivity index (χ0) is 22.5. The predicted molar refractivity (Wildman–Crippen MR) is 123 cm³/mol. The van der Waals surface area contributed by atoms with Crippen LogP contribution in [0, 0.1) is 0 Å². The highest BCUT2D eigenvalue weighted by Gasteiger charge is 2.25. The number of carbonyl (C=O) groups excluding carboxylic acids is 1. The molecule has 1 amide bonds. The van der Waals surface area contributed by atoms with E-state index in [1.807, 2.05) is 30.3 Å². The molecule has 0 aliphatic carbocycles. The van der Waals surface area contributed by atoms with Gasteiger partial charge in [-0.2, -0.15) is 0 Å². The summed E-state index contributed by atoms with van der Waals surface area (Å²) in [7, 11) is 3.17. The maximum absolute atomic E-state index is 12.3. The number of aromatic hydroxyl groups is 1. The first-order valence-electron chi connectivity index (χ1n) is 10.3. The van der Waals surface area contributed by atoms with Crippen molar-refractivity contribution in [1.29, 1.82) is 0 Å². The molecule has 31 heavy (non-hydrogen) atoms. The highest BCUT2D eigenvalue weighted by atomic mass is 16.3. The SMILES string of the molecule is CCCC(Cc1ccccc1)Nc1c(Nc2cccc(C(=O)N(C)C)c2O)c(=O)c1=O. The van der Waals surface area contributed by atoms with E-state index in [2.05, 4.69) is 17.6 Å². The van der Waals surface area contributed by atoms with E-state index in [1.165, 1.54) is 11.0 Å². The van der Waals surface area contributed by atoms with Crippen molar-refractivity contribution in [1.82, 2.24) is 4.90 Å². The Hall–Kier alpha value is -3.61. The Balaban J connectivity index is 1.85. The lowest BCUT2D eigenvalue weighted by molar-refractivity contribution is 0.0824. The smallest absolute Gasteiger partial charge is 0.257 e. The Bertz CT molecular complexity index is 1130. The van der Waals surface area contributed by atoms with Gasteiger partial charge in [0.1, 0.15) is 11.4 Å². The molecule has 7 nitrogen and oxygen atoms in total. The summed E-state index contributed by atoms with van der Waals surface area (Å²) in [5, 5.41) is 16.6. The fourth-order valence-electron chi connectivity index (χ4n) is 3.52. The number of anilines is 3. The van der Waals surface area contributed by atoms with Crippen LogP contribution in [0.3, 0.4) is 0 Å². The van der Waals surface area contributed by atoms with E-state index in [0.29, 0.717) is 6.42 Å². The molecule has 0 fully saturated rings. The van der Waals surface area contributed by atoms with Gasteiger partial charge in [-0.1, -0.05) is 49.7 Å². The van der Waals surface area contributed by atoms with Crippen molar-refractivity contribution < 1.29 is 9.90 Å². The zero-order valence-electron chi connectivity index (χ0n) is 17.9. The van der Waals surface area contributed by atoms with Gasteiger partial charge in [-0.3, -0.25) is 14.4 Å². The summed E-state index contributed by atoms with van der Waals surface area (Å²) >= 11 is 0. The van der Waals surface area contributed by atoms with Crippen LogP contribution in [-0.2, 0) is 6.42 Å². The van der Waals surface area contributed by atoms with Gasteiger partial charge < -0.3 is 20.6 Å². The van der Waals surface area contributed by atoms with E-state index >= 15 is 0 Å². The number of para-hydroxylation sites is 1. The Labute approximate surface area is 181 Å². The first-order chi connectivity index (χ1) is 14.8. The van der Waals surface area contributed by atoms with E-state index in [0.717, 1.165) is 18.4 Å². The summed E-state index contributed by atoms with van der Waals surface area (Å²) in [4.78, 5) is 38.1. The van der Waals surface area contributed by atoms with Gasteiger partial charge >= 0.3 is 0 Å². The third-order valence-corrected chi connectivity index (χ3v) is 5.15. The van der Waals surface area contributed by atoms with Crippen LogP contribution in [0.25, 0.3) is 0 Å². The number of rotatable bonds is 9. The lowest BCUT2D eigenvalue weighted by Gasteiger charge is -2.23. The molecule has 0 radical (unpaired) electrons. The average molecular weight is 421 g/mol. The molecule has 0 heterocycles. The number of phenolic OH excluding ortho intramolecular Hbond substituents is 1. The first kappa shape index (κ1) is 22.1. The largest absolute Gasteiger partial charge is 0.505 e. The van der Waals surface area contributed by atoms with Gasteiger partial charge in [0.2, 0.25) is 0 Å². The standard InChI is InChI=1S/C24H27N3O4/c1-4-9-16(14-15-10-6-5-7-11-15)25-19-20(23(30)22(19)29)26-18-13-8-12-17(21(18)28)24(31)27(2)3/h5-8,10-13,16,25-26,28H,4,9,14H2,1-3H3. The van der Waals surface area contributed by atoms with Gasteiger partial charge in [-0.05, 0) is 30.5 Å². The molecule has 7 heteroatoms. The Morgan fingerprint density at radius 3 is 2.32 bits per heavy atom. The van der Waals surface area contributed by atoms with Gasteiger partial charge in [-0.15, -0.1) is 0 Å². The van der Waals surface area contributed by atoms with Crippen LogP contribution in [0.4, 0.5) is 17.1 Å². The first-order valence-corrected chi connectivity index (χ1v) is 10.3. The molecule has 1 unspecified atom stereocenters. The molecular weight excluding hydrogens is 394 g/mol. The van der Waals surface area contributed by atoms with Crippen LogP contribution in [0.15, 0.2) is 58.1 Å². The lowest BCUT2D eigenvalue weighted by atomic mass is 10.0. The molecule has 0 saturated heterocycles. The number of hydrogen-bond donors (Lipinski definition) is 3. The van der Waals surface area contributed by atoms with Crippen molar-refractivity contribution >= 4 is 23.0 Å². The quantitative estimate of drug-likeness (QED) is 0.362. The minimum atomic E-state index is -0.652. The Morgan fingerprint density at radius 2 is 1.68 bits per heavy atom. The molecule has 162 valence electrons. The maximum Gasteiger partial charge on any atom is 0.257 e. The monoisotopic (exact) mass is 421 g/mol. The number of amides is 1. The van der Waals surface area contributed by atoms with Crippen molar-refractivity contribution in [3.63, 3.8) is 0 Å². The summed E-state index contributed by atoms with van der Waals surface area (Å²) in [6, 6.07) is 14.6. The van der Waals surface area contributed by atoms with Gasteiger partial charge in [0.25, 0.3) is 16.8 Å². The fourth-order valence-corrected chi connectivity index (χ4v) is 3.52. The maximum atomic E-state index is 12.3. The Kier molecular flexibility index (Phi) is 6.74. The highest BCUT2D eigenvalue weighted by molar-refractivity contribution is 5.99. The van der Waals surface area contributed by atoms with E-state index in [4.69, 9.17) is 0 Å². The fraction of sp³-hybridized carbons (Fsp3) is 0.292. The van der Waals surface area contributed by atoms with E-state index in [9.17, 15) is 19.5 Å². The third kappa shape index (κ3) is 4.77. The van der Waals surface area contributed by atoms with E-state index in [1.54, 1.807) is 26.2 Å². The van der Waals surface area contributed by atoms with Crippen LogP contribution >= 0.6 is 0 Å². The van der Waals surface area contributed by atoms with E-state index in [-0.39, 0.29) is 40.3 Å². The predicted octanol–water partition coefficient (Wildman–Crippen LogP) is 3.26. The summed E-state index contributed by atoms with van der Waals surface area (Å²) in [6.07, 6.45) is 2.45. The number of hydrogen-bond acceptors (Lipinski definition) is 6. The van der Waals surface area contributed by atoms with Crippen LogP contribution in [0.1, 0.15) is 35.7 Å². The molecule has 3 rings (SSSR count). The van der Waals surface area contributed by atoms with Crippen molar-refractivity contribution in [3.8, 4) is 5.75 Å². The molecule has 3 aromatic rings. The summed E-state index contributed by atoms with van der Waals surface area (Å²) in [5.74, 6) is -0.634. The van der Waals surface area contributed by atoms with Gasteiger partial charge in [-0.25, -0.2) is 0 Å². The molecule has 1 atom stereocenters. The molecule has 3 N–H and O–H groups in total. The van der Waals surface area contributed by atoms with Crippen LogP contribution in [0.2, 0.25) is 0 Å². The molecule has 0 bridgehead atoms. The molecular formula is C24H27N3O4. The van der Waals surface area contributed by atoms with Crippen LogP contribution in [0.5, 0.6) is 5.75 Å². The van der Waals surface area contributed by atoms with Crippen molar-refractivity contribution in [2.24, 2.45) is 0 Å². The number of benzene rings is 2. The van der Waals surface area contributed by atoms with Crippen LogP contribution in [-0.4, -0.2) is 36.1 Å². The van der Waals surface area contributed by atoms with Gasteiger partial charge in [0.15, 0.2) is 5.75 Å². The number of phenols is 1.